The minimum absolute atomic E-state index is 0.131. The van der Waals surface area contributed by atoms with Gasteiger partial charge in [-0.05, 0) is 36.8 Å². The number of benzene rings is 1. The van der Waals surface area contributed by atoms with Crippen LogP contribution in [0.5, 0.6) is 0 Å². The largest absolute Gasteiger partial charge is 0.463 e. The van der Waals surface area contributed by atoms with Gasteiger partial charge in [0.05, 0.1) is 16.5 Å². The lowest BCUT2D eigenvalue weighted by Gasteiger charge is -1.99. The van der Waals surface area contributed by atoms with Crippen LogP contribution in [0.4, 0.5) is 0 Å². The Morgan fingerprint density at radius 1 is 1.33 bits per heavy atom. The number of hydrogen-bond acceptors (Lipinski definition) is 6. The summed E-state index contributed by atoms with van der Waals surface area (Å²) in [6, 6.07) is 11.2. The predicted molar refractivity (Wildman–Crippen MR) is 89.8 cm³/mol. The van der Waals surface area contributed by atoms with Gasteiger partial charge in [-0.1, -0.05) is 6.07 Å². The Hall–Kier alpha value is -2.93. The number of aromatic amines is 1. The first-order chi connectivity index (χ1) is 11.7. The third-order valence-corrected chi connectivity index (χ3v) is 4.50. The summed E-state index contributed by atoms with van der Waals surface area (Å²) >= 11 is 1.52. The second kappa shape index (κ2) is 5.93. The molecule has 7 heteroatoms. The van der Waals surface area contributed by atoms with E-state index in [2.05, 4.69) is 15.2 Å². The lowest BCUT2D eigenvalue weighted by Crippen LogP contribution is -2.05. The minimum Gasteiger partial charge on any atom is -0.463 e. The Morgan fingerprint density at radius 3 is 3.08 bits per heavy atom. The lowest BCUT2D eigenvalue weighted by atomic mass is 10.2. The van der Waals surface area contributed by atoms with Crippen molar-refractivity contribution in [1.82, 2.24) is 15.2 Å². The average molecular weight is 339 g/mol. The molecule has 1 N–H and O–H groups in total. The summed E-state index contributed by atoms with van der Waals surface area (Å²) in [6.45, 7) is 2.15. The van der Waals surface area contributed by atoms with Crippen molar-refractivity contribution in [2.75, 3.05) is 0 Å². The van der Waals surface area contributed by atoms with Crippen molar-refractivity contribution in [3.8, 4) is 11.5 Å². The van der Waals surface area contributed by atoms with Crippen LogP contribution in [0.2, 0.25) is 0 Å². The summed E-state index contributed by atoms with van der Waals surface area (Å²) in [6.07, 6.45) is 1.55. The van der Waals surface area contributed by atoms with E-state index >= 15 is 0 Å². The number of ether oxygens (including phenoxy) is 1. The third kappa shape index (κ3) is 2.81. The SMILES string of the molecule is Cc1ccc2sc(COC(=O)c3cc(-c4ccco4)n[nH]3)nc2c1. The number of aryl methyl sites for hydroxylation is 1. The van der Waals surface area contributed by atoms with E-state index in [-0.39, 0.29) is 12.3 Å². The van der Waals surface area contributed by atoms with Crippen LogP contribution >= 0.6 is 11.3 Å². The zero-order chi connectivity index (χ0) is 16.5. The Bertz CT molecular complexity index is 1000. The summed E-state index contributed by atoms with van der Waals surface area (Å²) in [5.74, 6) is 0.114. The number of H-pyrrole nitrogens is 1. The third-order valence-electron chi connectivity index (χ3n) is 3.49. The van der Waals surface area contributed by atoms with E-state index in [1.54, 1.807) is 24.5 Å². The number of nitrogens with one attached hydrogen (secondary N) is 1. The highest BCUT2D eigenvalue weighted by Gasteiger charge is 2.15. The molecule has 24 heavy (non-hydrogen) atoms. The molecule has 1 aromatic carbocycles. The van der Waals surface area contributed by atoms with E-state index in [0.717, 1.165) is 20.8 Å². The number of fused-ring (bicyclic) bond motifs is 1. The van der Waals surface area contributed by atoms with Gasteiger partial charge in [-0.15, -0.1) is 11.3 Å². The first kappa shape index (κ1) is 14.6. The first-order valence-electron chi connectivity index (χ1n) is 7.31. The van der Waals surface area contributed by atoms with Crippen LogP contribution < -0.4 is 0 Å². The topological polar surface area (TPSA) is 81.0 Å². The van der Waals surface area contributed by atoms with E-state index in [1.165, 1.54) is 11.3 Å². The molecular formula is C17H13N3O3S. The molecular weight excluding hydrogens is 326 g/mol. The van der Waals surface area contributed by atoms with Crippen molar-refractivity contribution < 1.29 is 13.9 Å². The van der Waals surface area contributed by atoms with Crippen molar-refractivity contribution in [2.24, 2.45) is 0 Å². The van der Waals surface area contributed by atoms with Crippen molar-refractivity contribution >= 4 is 27.5 Å². The van der Waals surface area contributed by atoms with Gasteiger partial charge in [0.15, 0.2) is 5.76 Å². The molecule has 0 radical (unpaired) electrons. The predicted octanol–water partition coefficient (Wildman–Crippen LogP) is 3.94. The molecule has 0 aliphatic rings. The molecule has 3 aromatic heterocycles. The molecule has 6 nitrogen and oxygen atoms in total. The van der Waals surface area contributed by atoms with Gasteiger partial charge < -0.3 is 9.15 Å². The van der Waals surface area contributed by atoms with E-state index in [0.29, 0.717) is 11.5 Å². The molecule has 0 unspecified atom stereocenters. The van der Waals surface area contributed by atoms with Gasteiger partial charge in [-0.3, -0.25) is 5.10 Å². The van der Waals surface area contributed by atoms with Crippen LogP contribution in [0.3, 0.4) is 0 Å². The normalized spacial score (nSPS) is 11.0. The molecule has 0 aliphatic heterocycles. The summed E-state index contributed by atoms with van der Waals surface area (Å²) in [5.41, 5.74) is 2.91. The highest BCUT2D eigenvalue weighted by molar-refractivity contribution is 7.18. The molecule has 0 amide bonds. The smallest absolute Gasteiger partial charge is 0.356 e. The molecule has 0 bridgehead atoms. The highest BCUT2D eigenvalue weighted by atomic mass is 32.1. The molecule has 0 fully saturated rings. The summed E-state index contributed by atoms with van der Waals surface area (Å²) in [7, 11) is 0. The van der Waals surface area contributed by atoms with Crippen LogP contribution in [-0.4, -0.2) is 21.2 Å². The number of furan rings is 1. The maximum absolute atomic E-state index is 12.1. The summed E-state index contributed by atoms with van der Waals surface area (Å²) < 4.78 is 11.6. The average Bonchev–Trinajstić information content (AvgIpc) is 3.30. The van der Waals surface area contributed by atoms with Crippen LogP contribution in [0.25, 0.3) is 21.7 Å². The maximum atomic E-state index is 12.1. The van der Waals surface area contributed by atoms with E-state index in [1.807, 2.05) is 25.1 Å². The van der Waals surface area contributed by atoms with Gasteiger partial charge >= 0.3 is 5.97 Å². The molecule has 120 valence electrons. The monoisotopic (exact) mass is 339 g/mol. The van der Waals surface area contributed by atoms with Gasteiger partial charge in [-0.25, -0.2) is 9.78 Å². The van der Waals surface area contributed by atoms with E-state index in [9.17, 15) is 4.79 Å². The van der Waals surface area contributed by atoms with Gasteiger partial charge in [-0.2, -0.15) is 5.10 Å². The first-order valence-corrected chi connectivity index (χ1v) is 8.13. The molecule has 0 atom stereocenters. The number of thiazole rings is 1. The fourth-order valence-corrected chi connectivity index (χ4v) is 3.19. The molecule has 4 aromatic rings. The lowest BCUT2D eigenvalue weighted by molar-refractivity contribution is 0.0465. The Balaban J connectivity index is 1.46. The summed E-state index contributed by atoms with van der Waals surface area (Å²) in [4.78, 5) is 16.6. The Labute approximate surface area is 141 Å². The second-order valence-corrected chi connectivity index (χ2v) is 6.41. The Kier molecular flexibility index (Phi) is 3.62. The highest BCUT2D eigenvalue weighted by Crippen LogP contribution is 2.24. The summed E-state index contributed by atoms with van der Waals surface area (Å²) in [5, 5.41) is 7.47. The zero-order valence-corrected chi connectivity index (χ0v) is 13.6. The quantitative estimate of drug-likeness (QED) is 0.569. The van der Waals surface area contributed by atoms with Gasteiger partial charge in [0.25, 0.3) is 0 Å². The fourth-order valence-electron chi connectivity index (χ4n) is 2.33. The standard InChI is InChI=1S/C17H13N3O3S/c1-10-4-5-15-12(7-10)18-16(24-15)9-23-17(21)13-8-11(19-20-13)14-3-2-6-22-14/h2-8H,9H2,1H3,(H,19,20). The van der Waals surface area contributed by atoms with Crippen molar-refractivity contribution in [3.63, 3.8) is 0 Å². The molecule has 0 spiro atoms. The molecule has 3 heterocycles. The number of carbonyl (C=O) groups is 1. The molecule has 0 saturated heterocycles. The second-order valence-electron chi connectivity index (χ2n) is 5.30. The van der Waals surface area contributed by atoms with Crippen molar-refractivity contribution in [3.05, 3.63) is 58.9 Å². The van der Waals surface area contributed by atoms with Crippen molar-refractivity contribution in [1.29, 1.82) is 0 Å². The molecule has 0 aliphatic carbocycles. The molecule has 4 rings (SSSR count). The number of nitrogens with zero attached hydrogens (tertiary/aromatic N) is 2. The number of aromatic nitrogens is 3. The van der Waals surface area contributed by atoms with E-state index < -0.39 is 5.97 Å². The van der Waals surface area contributed by atoms with Crippen LogP contribution in [-0.2, 0) is 11.3 Å². The number of rotatable bonds is 4. The van der Waals surface area contributed by atoms with Gasteiger partial charge in [0.1, 0.15) is 23.0 Å². The van der Waals surface area contributed by atoms with Gasteiger partial charge in [0, 0.05) is 6.07 Å². The van der Waals surface area contributed by atoms with Crippen LogP contribution in [0, 0.1) is 6.92 Å². The number of esters is 1. The van der Waals surface area contributed by atoms with Crippen molar-refractivity contribution in [2.45, 2.75) is 13.5 Å². The number of hydrogen-bond donors (Lipinski definition) is 1. The van der Waals surface area contributed by atoms with Crippen LogP contribution in [0.1, 0.15) is 21.1 Å². The Morgan fingerprint density at radius 2 is 2.25 bits per heavy atom. The number of carbonyl (C=O) groups excluding carboxylic acids is 1. The van der Waals surface area contributed by atoms with Crippen LogP contribution in [0.15, 0.2) is 47.1 Å². The zero-order valence-electron chi connectivity index (χ0n) is 12.8. The van der Waals surface area contributed by atoms with Gasteiger partial charge in [0.2, 0.25) is 0 Å². The maximum Gasteiger partial charge on any atom is 0.356 e. The fraction of sp³-hybridized carbons (Fsp3) is 0.118. The van der Waals surface area contributed by atoms with E-state index in [4.69, 9.17) is 9.15 Å². The minimum atomic E-state index is -0.476. The molecule has 0 saturated carbocycles.